The number of para-hydroxylation sites is 2. The molecule has 0 radical (unpaired) electrons. The monoisotopic (exact) mass is 318 g/mol. The molecule has 0 aliphatic carbocycles. The zero-order valence-corrected chi connectivity index (χ0v) is 11.6. The van der Waals surface area contributed by atoms with E-state index in [1.54, 1.807) is 18.2 Å². The molecule has 0 bridgehead atoms. The molecule has 0 fully saturated rings. The zero-order chi connectivity index (χ0) is 13.2. The summed E-state index contributed by atoms with van der Waals surface area (Å²) in [5, 5.41) is 10.6. The van der Waals surface area contributed by atoms with Gasteiger partial charge in [-0.1, -0.05) is 28.1 Å². The van der Waals surface area contributed by atoms with Crippen molar-refractivity contribution in [1.82, 2.24) is 0 Å². The summed E-state index contributed by atoms with van der Waals surface area (Å²) < 4.78 is 12.2. The Balaban J connectivity index is 1.80. The van der Waals surface area contributed by atoms with Gasteiger partial charge in [-0.25, -0.2) is 0 Å². The number of aromatic hydroxyl groups is 1. The number of hydrogen-bond donors (Lipinski definition) is 1. The lowest BCUT2D eigenvalue weighted by atomic mass is 10.2. The van der Waals surface area contributed by atoms with Gasteiger partial charge in [0.2, 0.25) is 0 Å². The number of ether oxygens (including phenoxy) is 1. The van der Waals surface area contributed by atoms with E-state index >= 15 is 0 Å². The molecule has 96 valence electrons. The van der Waals surface area contributed by atoms with E-state index in [-0.39, 0.29) is 12.4 Å². The van der Waals surface area contributed by atoms with Gasteiger partial charge >= 0.3 is 0 Å². The van der Waals surface area contributed by atoms with Crippen LogP contribution in [-0.2, 0) is 6.61 Å². The standard InChI is InChI=1S/C15H11BrO3/c16-11-6-5-10-7-12(19-15(10)8-11)9-18-14-4-2-1-3-13(14)17/h1-8,17H,9H2. The average Bonchev–Trinajstić information content (AvgIpc) is 2.79. The Labute approximate surface area is 118 Å². The Morgan fingerprint density at radius 1 is 1.11 bits per heavy atom. The number of halogens is 1. The lowest BCUT2D eigenvalue weighted by molar-refractivity contribution is 0.262. The van der Waals surface area contributed by atoms with Crippen LogP contribution in [-0.4, -0.2) is 5.11 Å². The molecule has 0 aliphatic rings. The number of benzene rings is 2. The van der Waals surface area contributed by atoms with Gasteiger partial charge in [0.1, 0.15) is 18.0 Å². The van der Waals surface area contributed by atoms with Crippen molar-refractivity contribution in [2.45, 2.75) is 6.61 Å². The lowest BCUT2D eigenvalue weighted by Gasteiger charge is -2.05. The van der Waals surface area contributed by atoms with Crippen molar-refractivity contribution in [3.8, 4) is 11.5 Å². The van der Waals surface area contributed by atoms with Gasteiger partial charge in [-0.05, 0) is 36.4 Å². The fourth-order valence-electron chi connectivity index (χ4n) is 1.86. The van der Waals surface area contributed by atoms with Crippen LogP contribution in [0, 0.1) is 0 Å². The second-order valence-electron chi connectivity index (χ2n) is 4.15. The minimum Gasteiger partial charge on any atom is -0.504 e. The van der Waals surface area contributed by atoms with E-state index in [4.69, 9.17) is 9.15 Å². The summed E-state index contributed by atoms with van der Waals surface area (Å²) in [6.45, 7) is 0.282. The predicted molar refractivity (Wildman–Crippen MR) is 76.4 cm³/mol. The topological polar surface area (TPSA) is 42.6 Å². The van der Waals surface area contributed by atoms with E-state index < -0.39 is 0 Å². The number of fused-ring (bicyclic) bond motifs is 1. The Morgan fingerprint density at radius 3 is 2.79 bits per heavy atom. The Kier molecular flexibility index (Phi) is 3.17. The van der Waals surface area contributed by atoms with E-state index in [1.165, 1.54) is 0 Å². The van der Waals surface area contributed by atoms with Crippen LogP contribution in [0.25, 0.3) is 11.0 Å². The van der Waals surface area contributed by atoms with Crippen LogP contribution in [0.15, 0.2) is 57.4 Å². The summed E-state index contributed by atoms with van der Waals surface area (Å²) in [5.74, 6) is 1.29. The molecule has 0 spiro atoms. The second kappa shape index (κ2) is 4.97. The number of rotatable bonds is 3. The third-order valence-electron chi connectivity index (χ3n) is 2.77. The highest BCUT2D eigenvalue weighted by molar-refractivity contribution is 9.10. The van der Waals surface area contributed by atoms with Crippen molar-refractivity contribution < 1.29 is 14.3 Å². The summed E-state index contributed by atoms with van der Waals surface area (Å²) in [7, 11) is 0. The highest BCUT2D eigenvalue weighted by Gasteiger charge is 2.06. The van der Waals surface area contributed by atoms with Crippen LogP contribution in [0.2, 0.25) is 0 Å². The third-order valence-corrected chi connectivity index (χ3v) is 3.26. The first-order valence-corrected chi connectivity index (χ1v) is 6.60. The van der Waals surface area contributed by atoms with Crippen LogP contribution >= 0.6 is 15.9 Å². The van der Waals surface area contributed by atoms with Crippen molar-refractivity contribution in [2.24, 2.45) is 0 Å². The molecule has 0 saturated heterocycles. The summed E-state index contributed by atoms with van der Waals surface area (Å²) in [4.78, 5) is 0. The first-order chi connectivity index (χ1) is 9.22. The predicted octanol–water partition coefficient (Wildman–Crippen LogP) is 4.48. The molecule has 3 aromatic rings. The lowest BCUT2D eigenvalue weighted by Crippen LogP contribution is -1.93. The minimum atomic E-state index is 0.126. The van der Waals surface area contributed by atoms with Crippen molar-refractivity contribution in [1.29, 1.82) is 0 Å². The molecule has 1 aromatic heterocycles. The second-order valence-corrected chi connectivity index (χ2v) is 5.07. The molecule has 3 nitrogen and oxygen atoms in total. The van der Waals surface area contributed by atoms with Crippen molar-refractivity contribution in [2.75, 3.05) is 0 Å². The van der Waals surface area contributed by atoms with E-state index in [0.717, 1.165) is 21.2 Å². The molecule has 19 heavy (non-hydrogen) atoms. The molecular formula is C15H11BrO3. The van der Waals surface area contributed by atoms with E-state index in [2.05, 4.69) is 15.9 Å². The maximum atomic E-state index is 9.60. The van der Waals surface area contributed by atoms with Gasteiger partial charge in [-0.3, -0.25) is 0 Å². The zero-order valence-electron chi connectivity index (χ0n) is 9.97. The average molecular weight is 319 g/mol. The van der Waals surface area contributed by atoms with Crippen LogP contribution in [0.5, 0.6) is 11.5 Å². The highest BCUT2D eigenvalue weighted by atomic mass is 79.9. The molecule has 0 saturated carbocycles. The third kappa shape index (κ3) is 2.58. The van der Waals surface area contributed by atoms with Crippen LogP contribution in [0.3, 0.4) is 0 Å². The fraction of sp³-hybridized carbons (Fsp3) is 0.0667. The molecule has 0 aliphatic heterocycles. The van der Waals surface area contributed by atoms with Crippen molar-refractivity contribution >= 4 is 26.9 Å². The van der Waals surface area contributed by atoms with E-state index in [9.17, 15) is 5.11 Å². The number of phenolic OH excluding ortho intramolecular Hbond substituents is 1. The number of phenols is 1. The summed E-state index contributed by atoms with van der Waals surface area (Å²) in [6.07, 6.45) is 0. The molecule has 2 aromatic carbocycles. The number of hydrogen-bond acceptors (Lipinski definition) is 3. The van der Waals surface area contributed by atoms with E-state index in [0.29, 0.717) is 5.75 Å². The maximum Gasteiger partial charge on any atom is 0.161 e. The first kappa shape index (κ1) is 12.1. The molecule has 0 amide bonds. The fourth-order valence-corrected chi connectivity index (χ4v) is 2.20. The van der Waals surface area contributed by atoms with Crippen LogP contribution in [0.4, 0.5) is 0 Å². The molecule has 0 unspecified atom stereocenters. The van der Waals surface area contributed by atoms with Crippen molar-refractivity contribution in [3.63, 3.8) is 0 Å². The summed E-state index contributed by atoms with van der Waals surface area (Å²) >= 11 is 3.40. The minimum absolute atomic E-state index is 0.126. The van der Waals surface area contributed by atoms with Gasteiger partial charge < -0.3 is 14.3 Å². The van der Waals surface area contributed by atoms with Gasteiger partial charge in [-0.15, -0.1) is 0 Å². The molecule has 1 heterocycles. The van der Waals surface area contributed by atoms with Gasteiger partial charge in [0.05, 0.1) is 0 Å². The highest BCUT2D eigenvalue weighted by Crippen LogP contribution is 2.27. The molecular weight excluding hydrogens is 308 g/mol. The largest absolute Gasteiger partial charge is 0.504 e. The number of furan rings is 1. The molecule has 0 atom stereocenters. The van der Waals surface area contributed by atoms with Gasteiger partial charge in [0, 0.05) is 9.86 Å². The van der Waals surface area contributed by atoms with Gasteiger partial charge in [0.15, 0.2) is 11.5 Å². The van der Waals surface area contributed by atoms with Crippen molar-refractivity contribution in [3.05, 3.63) is 58.8 Å². The Bertz CT molecular complexity index is 718. The smallest absolute Gasteiger partial charge is 0.161 e. The molecule has 1 N–H and O–H groups in total. The summed E-state index contributed by atoms with van der Waals surface area (Å²) in [6, 6.07) is 14.7. The first-order valence-electron chi connectivity index (χ1n) is 5.81. The molecule has 3 rings (SSSR count). The van der Waals surface area contributed by atoms with E-state index in [1.807, 2.05) is 30.3 Å². The van der Waals surface area contributed by atoms with Crippen LogP contribution < -0.4 is 4.74 Å². The molecule has 4 heteroatoms. The maximum absolute atomic E-state index is 9.60. The SMILES string of the molecule is Oc1ccccc1OCc1cc2ccc(Br)cc2o1. The quantitative estimate of drug-likeness (QED) is 0.774. The Hall–Kier alpha value is -1.94. The van der Waals surface area contributed by atoms with Crippen LogP contribution in [0.1, 0.15) is 5.76 Å². The Morgan fingerprint density at radius 2 is 1.95 bits per heavy atom. The summed E-state index contributed by atoms with van der Waals surface area (Å²) in [5.41, 5.74) is 0.810. The van der Waals surface area contributed by atoms with Gasteiger partial charge in [-0.2, -0.15) is 0 Å². The normalized spacial score (nSPS) is 10.8. The van der Waals surface area contributed by atoms with Gasteiger partial charge in [0.25, 0.3) is 0 Å².